The topological polar surface area (TPSA) is 35.5 Å². The minimum absolute atomic E-state index is 0.164. The lowest BCUT2D eigenvalue weighted by Gasteiger charge is -2.36. The molecule has 2 rings (SSSR count). The van der Waals surface area contributed by atoms with Crippen molar-refractivity contribution in [3.8, 4) is 0 Å². The Morgan fingerprint density at radius 3 is 2.81 bits per heavy atom. The van der Waals surface area contributed by atoms with Gasteiger partial charge in [0, 0.05) is 23.7 Å². The van der Waals surface area contributed by atoms with Gasteiger partial charge in [0.1, 0.15) is 0 Å². The second kappa shape index (κ2) is 8.14. The summed E-state index contributed by atoms with van der Waals surface area (Å²) < 4.78 is 0. The summed E-state index contributed by atoms with van der Waals surface area (Å²) in [5, 5.41) is 14.3. The third-order valence-corrected chi connectivity index (χ3v) is 4.87. The van der Waals surface area contributed by atoms with Crippen molar-refractivity contribution in [3.05, 3.63) is 34.9 Å². The number of nitrogens with zero attached hydrogens (tertiary/aromatic N) is 1. The fraction of sp³-hybridized carbons (Fsp3) is 0.647. The second-order valence-corrected chi connectivity index (χ2v) is 6.52. The molecule has 0 heterocycles. The molecule has 0 spiro atoms. The van der Waals surface area contributed by atoms with E-state index in [2.05, 4.69) is 23.3 Å². The Kier molecular flexibility index (Phi) is 6.49. The largest absolute Gasteiger partial charge is 0.391 e. The zero-order valence-electron chi connectivity index (χ0n) is 13.1. The minimum Gasteiger partial charge on any atom is -0.391 e. The number of benzene rings is 1. The van der Waals surface area contributed by atoms with E-state index in [0.717, 1.165) is 37.3 Å². The zero-order chi connectivity index (χ0) is 15.2. The maximum absolute atomic E-state index is 10.1. The predicted molar refractivity (Wildman–Crippen MR) is 88.8 cm³/mol. The summed E-state index contributed by atoms with van der Waals surface area (Å²) in [7, 11) is 4.12. The van der Waals surface area contributed by atoms with Gasteiger partial charge in [-0.3, -0.25) is 0 Å². The smallest absolute Gasteiger partial charge is 0.0695 e. The van der Waals surface area contributed by atoms with Gasteiger partial charge in [-0.05, 0) is 51.1 Å². The van der Waals surface area contributed by atoms with E-state index in [1.807, 2.05) is 25.2 Å². The molecular formula is C17H27ClN2O. The molecule has 0 saturated heterocycles. The van der Waals surface area contributed by atoms with Crippen LogP contribution in [0.4, 0.5) is 0 Å². The Labute approximate surface area is 133 Å². The molecule has 0 amide bonds. The molecule has 1 aromatic carbocycles. The first-order valence-corrected chi connectivity index (χ1v) is 8.30. The van der Waals surface area contributed by atoms with E-state index < -0.39 is 0 Å². The van der Waals surface area contributed by atoms with Crippen molar-refractivity contribution in [1.82, 2.24) is 10.2 Å². The van der Waals surface area contributed by atoms with Crippen molar-refractivity contribution in [2.75, 3.05) is 20.6 Å². The summed E-state index contributed by atoms with van der Waals surface area (Å²) in [6, 6.07) is 8.65. The van der Waals surface area contributed by atoms with Crippen LogP contribution in [0.5, 0.6) is 0 Å². The van der Waals surface area contributed by atoms with Gasteiger partial charge in [-0.15, -0.1) is 0 Å². The average Bonchev–Trinajstić information content (AvgIpc) is 2.48. The lowest BCUT2D eigenvalue weighted by Crippen LogP contribution is -2.44. The lowest BCUT2D eigenvalue weighted by molar-refractivity contribution is 0.0308. The van der Waals surface area contributed by atoms with Crippen molar-refractivity contribution >= 4 is 11.6 Å². The molecule has 1 aliphatic rings. The van der Waals surface area contributed by atoms with Crippen LogP contribution in [0.25, 0.3) is 0 Å². The van der Waals surface area contributed by atoms with Crippen LogP contribution >= 0.6 is 11.6 Å². The van der Waals surface area contributed by atoms with E-state index in [1.54, 1.807) is 0 Å². The molecule has 1 aliphatic carbocycles. The molecule has 0 radical (unpaired) electrons. The van der Waals surface area contributed by atoms with Crippen LogP contribution < -0.4 is 5.32 Å². The fourth-order valence-electron chi connectivity index (χ4n) is 3.31. The van der Waals surface area contributed by atoms with E-state index >= 15 is 0 Å². The molecular weight excluding hydrogens is 284 g/mol. The first kappa shape index (κ1) is 16.8. The van der Waals surface area contributed by atoms with Gasteiger partial charge in [0.2, 0.25) is 0 Å². The van der Waals surface area contributed by atoms with Crippen molar-refractivity contribution < 1.29 is 5.11 Å². The van der Waals surface area contributed by atoms with Crippen LogP contribution in [0, 0.1) is 0 Å². The molecule has 0 bridgehead atoms. The van der Waals surface area contributed by atoms with E-state index in [9.17, 15) is 5.11 Å². The number of halogens is 1. The van der Waals surface area contributed by atoms with Gasteiger partial charge >= 0.3 is 0 Å². The van der Waals surface area contributed by atoms with E-state index in [0.29, 0.717) is 12.1 Å². The number of hydrogen-bond donors (Lipinski definition) is 2. The van der Waals surface area contributed by atoms with Crippen molar-refractivity contribution in [1.29, 1.82) is 0 Å². The summed E-state index contributed by atoms with van der Waals surface area (Å²) in [5.41, 5.74) is 1.22. The Bertz CT molecular complexity index is 441. The Hall–Kier alpha value is -0.610. The maximum Gasteiger partial charge on any atom is 0.0695 e. The highest BCUT2D eigenvalue weighted by atomic mass is 35.5. The third-order valence-electron chi connectivity index (χ3n) is 4.63. The molecule has 0 aromatic heterocycles. The number of rotatable bonds is 6. The monoisotopic (exact) mass is 310 g/mol. The first-order chi connectivity index (χ1) is 10.1. The van der Waals surface area contributed by atoms with Gasteiger partial charge in [0.15, 0.2) is 0 Å². The fourth-order valence-corrected chi connectivity index (χ4v) is 3.50. The third kappa shape index (κ3) is 4.68. The first-order valence-electron chi connectivity index (χ1n) is 7.93. The van der Waals surface area contributed by atoms with Crippen molar-refractivity contribution in [2.24, 2.45) is 0 Å². The maximum atomic E-state index is 10.1. The van der Waals surface area contributed by atoms with Gasteiger partial charge in [-0.2, -0.15) is 0 Å². The SMILES string of the molecule is CNC(CCN(C)C1CCCCC1O)c1cccc(Cl)c1. The van der Waals surface area contributed by atoms with Crippen LogP contribution in [0.15, 0.2) is 24.3 Å². The quantitative estimate of drug-likeness (QED) is 0.847. The molecule has 4 heteroatoms. The predicted octanol–water partition coefficient (Wildman–Crippen LogP) is 3.23. The molecule has 1 fully saturated rings. The molecule has 1 aromatic rings. The molecule has 2 N–H and O–H groups in total. The Morgan fingerprint density at radius 2 is 2.14 bits per heavy atom. The van der Waals surface area contributed by atoms with E-state index in [-0.39, 0.29) is 6.10 Å². The number of aliphatic hydroxyl groups excluding tert-OH is 1. The zero-order valence-corrected chi connectivity index (χ0v) is 13.8. The second-order valence-electron chi connectivity index (χ2n) is 6.08. The standard InChI is InChI=1S/C17H27ClN2O/c1-19-15(13-6-5-7-14(18)12-13)10-11-20(2)16-8-3-4-9-17(16)21/h5-7,12,15-17,19,21H,3-4,8-11H2,1-2H3. The normalized spacial score (nSPS) is 24.2. The number of likely N-dealkylation sites (N-methyl/N-ethyl adjacent to an activating group) is 1. The van der Waals surface area contributed by atoms with Crippen LogP contribution in [0.3, 0.4) is 0 Å². The van der Waals surface area contributed by atoms with Crippen LogP contribution in [0.2, 0.25) is 5.02 Å². The molecule has 1 saturated carbocycles. The molecule has 21 heavy (non-hydrogen) atoms. The molecule has 3 nitrogen and oxygen atoms in total. The van der Waals surface area contributed by atoms with Crippen molar-refractivity contribution in [2.45, 2.75) is 50.3 Å². The van der Waals surface area contributed by atoms with Gasteiger partial charge in [0.25, 0.3) is 0 Å². The lowest BCUT2D eigenvalue weighted by atomic mass is 9.91. The van der Waals surface area contributed by atoms with Crippen LogP contribution in [-0.2, 0) is 0 Å². The number of hydrogen-bond acceptors (Lipinski definition) is 3. The minimum atomic E-state index is -0.164. The highest BCUT2D eigenvalue weighted by Crippen LogP contribution is 2.24. The summed E-state index contributed by atoms with van der Waals surface area (Å²) in [4.78, 5) is 2.32. The van der Waals surface area contributed by atoms with Crippen LogP contribution in [0.1, 0.15) is 43.7 Å². The molecule has 3 atom stereocenters. The summed E-state index contributed by atoms with van der Waals surface area (Å²) >= 11 is 6.08. The average molecular weight is 311 g/mol. The van der Waals surface area contributed by atoms with Crippen molar-refractivity contribution in [3.63, 3.8) is 0 Å². The Morgan fingerprint density at radius 1 is 1.38 bits per heavy atom. The van der Waals surface area contributed by atoms with Gasteiger partial charge in [-0.1, -0.05) is 36.6 Å². The highest BCUT2D eigenvalue weighted by molar-refractivity contribution is 6.30. The summed E-state index contributed by atoms with van der Waals surface area (Å²) in [5.74, 6) is 0. The summed E-state index contributed by atoms with van der Waals surface area (Å²) in [6.45, 7) is 0.972. The van der Waals surface area contributed by atoms with E-state index in [1.165, 1.54) is 12.0 Å². The number of aliphatic hydroxyl groups is 1. The van der Waals surface area contributed by atoms with Crippen LogP contribution in [-0.4, -0.2) is 42.8 Å². The van der Waals surface area contributed by atoms with Gasteiger partial charge in [-0.25, -0.2) is 0 Å². The summed E-state index contributed by atoms with van der Waals surface area (Å²) in [6.07, 6.45) is 5.29. The van der Waals surface area contributed by atoms with E-state index in [4.69, 9.17) is 11.6 Å². The Balaban J connectivity index is 1.90. The van der Waals surface area contributed by atoms with Gasteiger partial charge in [0.05, 0.1) is 6.10 Å². The molecule has 118 valence electrons. The number of nitrogens with one attached hydrogen (secondary N) is 1. The molecule has 3 unspecified atom stereocenters. The molecule has 0 aliphatic heterocycles. The highest BCUT2D eigenvalue weighted by Gasteiger charge is 2.26. The van der Waals surface area contributed by atoms with Gasteiger partial charge < -0.3 is 15.3 Å².